The van der Waals surface area contributed by atoms with Crippen LogP contribution in [0.5, 0.6) is 0 Å². The van der Waals surface area contributed by atoms with E-state index in [0.29, 0.717) is 24.1 Å². The molecule has 0 saturated carbocycles. The van der Waals surface area contributed by atoms with Crippen molar-refractivity contribution in [2.75, 3.05) is 45.9 Å². The molecular weight excluding hydrogens is 396 g/mol. The molecule has 3 rings (SSSR count). The lowest BCUT2D eigenvalue weighted by Gasteiger charge is -2.25. The minimum atomic E-state index is -0.0743. The highest BCUT2D eigenvalue weighted by atomic mass is 79.9. The first-order chi connectivity index (χ1) is 12.6. The third-order valence-electron chi connectivity index (χ3n) is 5.00. The van der Waals surface area contributed by atoms with Gasteiger partial charge in [0, 0.05) is 48.2 Å². The molecule has 1 aromatic rings. The molecule has 0 bridgehead atoms. The molecule has 2 saturated heterocycles. The Bertz CT molecular complexity index is 659. The number of benzene rings is 1. The van der Waals surface area contributed by atoms with Crippen molar-refractivity contribution in [3.63, 3.8) is 0 Å². The van der Waals surface area contributed by atoms with E-state index in [-0.39, 0.29) is 5.91 Å². The topological polar surface area (TPSA) is 66.0 Å². The molecule has 2 heterocycles. The summed E-state index contributed by atoms with van der Waals surface area (Å²) in [4.78, 5) is 19.2. The number of hydrogen-bond donors (Lipinski definition) is 2. The number of hydrogen-bond acceptors (Lipinski definition) is 3. The van der Waals surface area contributed by atoms with E-state index in [9.17, 15) is 4.79 Å². The summed E-state index contributed by atoms with van der Waals surface area (Å²) in [6, 6.07) is 7.38. The first-order valence-electron chi connectivity index (χ1n) is 9.27. The maximum absolute atomic E-state index is 12.2. The number of likely N-dealkylation sites (tertiary alicyclic amines) is 1. The van der Waals surface area contributed by atoms with Gasteiger partial charge in [-0.15, -0.1) is 0 Å². The van der Waals surface area contributed by atoms with E-state index in [1.807, 2.05) is 18.2 Å². The van der Waals surface area contributed by atoms with Crippen molar-refractivity contribution in [1.29, 1.82) is 0 Å². The van der Waals surface area contributed by atoms with Crippen LogP contribution in [0.2, 0.25) is 0 Å². The average Bonchev–Trinajstić information content (AvgIpc) is 3.27. The van der Waals surface area contributed by atoms with E-state index in [1.165, 1.54) is 0 Å². The molecule has 2 aliphatic rings. The molecule has 1 unspecified atom stereocenters. The molecule has 142 valence electrons. The molecule has 1 spiro atoms. The van der Waals surface area contributed by atoms with E-state index < -0.39 is 0 Å². The molecule has 7 heteroatoms. The maximum Gasteiger partial charge on any atom is 0.251 e. The average molecular weight is 423 g/mol. The van der Waals surface area contributed by atoms with Crippen LogP contribution < -0.4 is 10.6 Å². The number of rotatable bonds is 5. The number of carbonyl (C=O) groups is 1. The summed E-state index contributed by atoms with van der Waals surface area (Å²) in [6.07, 6.45) is 2.31. The summed E-state index contributed by atoms with van der Waals surface area (Å²) in [6.45, 7) is 7.75. The van der Waals surface area contributed by atoms with Crippen LogP contribution in [0.15, 0.2) is 33.7 Å². The summed E-state index contributed by atoms with van der Waals surface area (Å²) in [7, 11) is 0. The largest absolute Gasteiger partial charge is 0.381 e. The molecular formula is C19H27BrN4O2. The molecule has 0 radical (unpaired) electrons. The Hall–Kier alpha value is -1.60. The van der Waals surface area contributed by atoms with Crippen LogP contribution in [0, 0.1) is 5.41 Å². The van der Waals surface area contributed by atoms with Gasteiger partial charge in [-0.3, -0.25) is 9.79 Å². The summed E-state index contributed by atoms with van der Waals surface area (Å²) in [5, 5.41) is 6.30. The summed E-state index contributed by atoms with van der Waals surface area (Å²) < 4.78 is 6.51. The summed E-state index contributed by atoms with van der Waals surface area (Å²) >= 11 is 3.39. The van der Waals surface area contributed by atoms with Gasteiger partial charge in [0.1, 0.15) is 0 Å². The van der Waals surface area contributed by atoms with Crippen molar-refractivity contribution in [3.05, 3.63) is 34.3 Å². The Morgan fingerprint density at radius 3 is 3.00 bits per heavy atom. The zero-order valence-electron chi connectivity index (χ0n) is 15.3. The van der Waals surface area contributed by atoms with E-state index in [4.69, 9.17) is 9.73 Å². The second kappa shape index (κ2) is 8.86. The van der Waals surface area contributed by atoms with E-state index in [2.05, 4.69) is 38.4 Å². The minimum Gasteiger partial charge on any atom is -0.381 e. The molecule has 2 aliphatic heterocycles. The van der Waals surface area contributed by atoms with Crippen molar-refractivity contribution in [2.24, 2.45) is 10.4 Å². The van der Waals surface area contributed by atoms with Gasteiger partial charge in [0.2, 0.25) is 0 Å². The summed E-state index contributed by atoms with van der Waals surface area (Å²) in [5.41, 5.74) is 0.962. The van der Waals surface area contributed by atoms with Crippen LogP contribution in [-0.4, -0.2) is 62.7 Å². The molecule has 0 aromatic heterocycles. The van der Waals surface area contributed by atoms with Crippen molar-refractivity contribution in [1.82, 2.24) is 15.5 Å². The lowest BCUT2D eigenvalue weighted by molar-refractivity contribution is 0.0954. The number of halogens is 1. The Kier molecular flexibility index (Phi) is 6.53. The quantitative estimate of drug-likeness (QED) is 0.433. The van der Waals surface area contributed by atoms with Crippen LogP contribution >= 0.6 is 15.9 Å². The van der Waals surface area contributed by atoms with E-state index >= 15 is 0 Å². The van der Waals surface area contributed by atoms with Gasteiger partial charge in [0.05, 0.1) is 13.2 Å². The SMILES string of the molecule is CCNC(=NCCNC(=O)c1cccc(Br)c1)N1CCC2(CCOC2)C1. The van der Waals surface area contributed by atoms with Gasteiger partial charge in [-0.1, -0.05) is 22.0 Å². The number of nitrogens with one attached hydrogen (secondary N) is 2. The smallest absolute Gasteiger partial charge is 0.251 e. The Balaban J connectivity index is 1.51. The second-order valence-corrected chi connectivity index (χ2v) is 7.89. The Morgan fingerprint density at radius 1 is 1.38 bits per heavy atom. The van der Waals surface area contributed by atoms with E-state index in [1.54, 1.807) is 6.07 Å². The van der Waals surface area contributed by atoms with Crippen molar-refractivity contribution in [3.8, 4) is 0 Å². The molecule has 1 amide bonds. The molecule has 2 N–H and O–H groups in total. The fraction of sp³-hybridized carbons (Fsp3) is 0.579. The van der Waals surface area contributed by atoms with Crippen molar-refractivity contribution in [2.45, 2.75) is 19.8 Å². The van der Waals surface area contributed by atoms with Gasteiger partial charge in [-0.25, -0.2) is 0 Å². The second-order valence-electron chi connectivity index (χ2n) is 6.98. The lowest BCUT2D eigenvalue weighted by Crippen LogP contribution is -2.42. The highest BCUT2D eigenvalue weighted by Gasteiger charge is 2.42. The predicted molar refractivity (Wildman–Crippen MR) is 107 cm³/mol. The predicted octanol–water partition coefficient (Wildman–Crippen LogP) is 2.26. The van der Waals surface area contributed by atoms with Gasteiger partial charge in [-0.05, 0) is 38.0 Å². The third-order valence-corrected chi connectivity index (χ3v) is 5.50. The molecule has 0 aliphatic carbocycles. The molecule has 26 heavy (non-hydrogen) atoms. The zero-order valence-corrected chi connectivity index (χ0v) is 16.8. The van der Waals surface area contributed by atoms with Crippen LogP contribution in [0.4, 0.5) is 0 Å². The highest BCUT2D eigenvalue weighted by molar-refractivity contribution is 9.10. The highest BCUT2D eigenvalue weighted by Crippen LogP contribution is 2.38. The Labute approximate surface area is 163 Å². The summed E-state index contributed by atoms with van der Waals surface area (Å²) in [5.74, 6) is 0.864. The molecule has 1 atom stereocenters. The third kappa shape index (κ3) is 4.76. The van der Waals surface area contributed by atoms with Crippen molar-refractivity contribution < 1.29 is 9.53 Å². The van der Waals surface area contributed by atoms with Gasteiger partial charge in [-0.2, -0.15) is 0 Å². The van der Waals surface area contributed by atoms with Crippen molar-refractivity contribution >= 4 is 27.8 Å². The molecule has 2 fully saturated rings. The lowest BCUT2D eigenvalue weighted by atomic mass is 9.87. The number of amides is 1. The first-order valence-corrected chi connectivity index (χ1v) is 10.1. The van der Waals surface area contributed by atoms with Gasteiger partial charge >= 0.3 is 0 Å². The molecule has 6 nitrogen and oxygen atoms in total. The molecule has 1 aromatic carbocycles. The Morgan fingerprint density at radius 2 is 2.27 bits per heavy atom. The number of aliphatic imine (C=N–C) groups is 1. The number of guanidine groups is 1. The van der Waals surface area contributed by atoms with Gasteiger partial charge < -0.3 is 20.3 Å². The number of nitrogens with zero attached hydrogens (tertiary/aromatic N) is 2. The first kappa shape index (κ1) is 19.2. The van der Waals surface area contributed by atoms with Crippen LogP contribution in [0.3, 0.4) is 0 Å². The van der Waals surface area contributed by atoms with Crippen LogP contribution in [0.1, 0.15) is 30.1 Å². The monoisotopic (exact) mass is 422 g/mol. The van der Waals surface area contributed by atoms with Crippen LogP contribution in [0.25, 0.3) is 0 Å². The van der Waals surface area contributed by atoms with Gasteiger partial charge in [0.25, 0.3) is 5.91 Å². The maximum atomic E-state index is 12.2. The normalized spacial score (nSPS) is 22.8. The minimum absolute atomic E-state index is 0.0743. The van der Waals surface area contributed by atoms with Crippen LogP contribution in [-0.2, 0) is 4.74 Å². The fourth-order valence-corrected chi connectivity index (χ4v) is 3.98. The fourth-order valence-electron chi connectivity index (χ4n) is 3.58. The number of carbonyl (C=O) groups excluding carboxylic acids is 1. The standard InChI is InChI=1S/C19H27BrN4O2/c1-2-21-18(24-10-6-19(13-24)7-11-26-14-19)23-9-8-22-17(25)15-4-3-5-16(20)12-15/h3-5,12H,2,6-11,13-14H2,1H3,(H,21,23)(H,22,25). The zero-order chi connectivity index (χ0) is 18.4. The number of ether oxygens (including phenoxy) is 1. The van der Waals surface area contributed by atoms with Gasteiger partial charge in [0.15, 0.2) is 5.96 Å². The van der Waals surface area contributed by atoms with E-state index in [0.717, 1.165) is 56.1 Å².